The standard InChI is InChI=1S/C9H9BF2O2/c1-6-2-3-8(11)7(9(6)12)4-5-10(13)14/h2-5,13-14H,1H3/b5-4+. The third-order valence-corrected chi connectivity index (χ3v) is 1.75. The monoisotopic (exact) mass is 198 g/mol. The minimum Gasteiger partial charge on any atom is -0.424 e. The SMILES string of the molecule is Cc1ccc(F)c(/C=C/B(O)O)c1F. The fraction of sp³-hybridized carbons (Fsp3) is 0.111. The van der Waals surface area contributed by atoms with E-state index in [1.165, 1.54) is 13.0 Å². The van der Waals surface area contributed by atoms with Crippen molar-refractivity contribution in [2.45, 2.75) is 6.92 Å². The summed E-state index contributed by atoms with van der Waals surface area (Å²) in [5.41, 5.74) is 0.0385. The van der Waals surface area contributed by atoms with E-state index in [2.05, 4.69) is 0 Å². The molecule has 0 saturated carbocycles. The maximum atomic E-state index is 13.3. The van der Waals surface area contributed by atoms with E-state index in [1.807, 2.05) is 0 Å². The van der Waals surface area contributed by atoms with Gasteiger partial charge in [-0.05, 0) is 18.6 Å². The zero-order valence-electron chi connectivity index (χ0n) is 7.54. The Morgan fingerprint density at radius 3 is 2.50 bits per heavy atom. The smallest absolute Gasteiger partial charge is 0.424 e. The van der Waals surface area contributed by atoms with Crippen LogP contribution >= 0.6 is 0 Å². The second kappa shape index (κ2) is 4.35. The average molecular weight is 198 g/mol. The third kappa shape index (κ3) is 2.40. The van der Waals surface area contributed by atoms with Crippen molar-refractivity contribution >= 4 is 13.2 Å². The predicted molar refractivity (Wildman–Crippen MR) is 50.3 cm³/mol. The van der Waals surface area contributed by atoms with Crippen molar-refractivity contribution in [2.24, 2.45) is 0 Å². The van der Waals surface area contributed by atoms with Gasteiger partial charge in [-0.15, -0.1) is 0 Å². The second-order valence-electron chi connectivity index (χ2n) is 2.86. The van der Waals surface area contributed by atoms with E-state index in [1.54, 1.807) is 0 Å². The lowest BCUT2D eigenvalue weighted by atomic mass is 9.90. The van der Waals surface area contributed by atoms with Crippen LogP contribution in [0.5, 0.6) is 0 Å². The van der Waals surface area contributed by atoms with Gasteiger partial charge in [0.2, 0.25) is 0 Å². The van der Waals surface area contributed by atoms with Crippen LogP contribution in [-0.4, -0.2) is 17.2 Å². The highest BCUT2D eigenvalue weighted by Gasteiger charge is 2.09. The summed E-state index contributed by atoms with van der Waals surface area (Å²) in [7, 11) is -1.71. The van der Waals surface area contributed by atoms with Crippen molar-refractivity contribution in [3.8, 4) is 0 Å². The number of halogens is 2. The van der Waals surface area contributed by atoms with Crippen molar-refractivity contribution in [1.82, 2.24) is 0 Å². The van der Waals surface area contributed by atoms with E-state index in [0.29, 0.717) is 5.56 Å². The summed E-state index contributed by atoms with van der Waals surface area (Å²) in [6, 6.07) is 2.44. The van der Waals surface area contributed by atoms with Gasteiger partial charge >= 0.3 is 7.12 Å². The summed E-state index contributed by atoms with van der Waals surface area (Å²) in [4.78, 5) is 0. The van der Waals surface area contributed by atoms with E-state index in [4.69, 9.17) is 10.0 Å². The lowest BCUT2D eigenvalue weighted by Gasteiger charge is -2.02. The van der Waals surface area contributed by atoms with Gasteiger partial charge in [0.1, 0.15) is 11.6 Å². The van der Waals surface area contributed by atoms with Crippen LogP contribution in [0, 0.1) is 18.6 Å². The molecule has 2 nitrogen and oxygen atoms in total. The Balaban J connectivity index is 3.13. The molecule has 14 heavy (non-hydrogen) atoms. The molecule has 0 spiro atoms. The van der Waals surface area contributed by atoms with Crippen LogP contribution in [0.4, 0.5) is 8.78 Å². The molecule has 0 aliphatic heterocycles. The third-order valence-electron chi connectivity index (χ3n) is 1.75. The van der Waals surface area contributed by atoms with E-state index >= 15 is 0 Å². The van der Waals surface area contributed by atoms with Crippen molar-refractivity contribution < 1.29 is 18.8 Å². The van der Waals surface area contributed by atoms with Crippen LogP contribution < -0.4 is 0 Å². The summed E-state index contributed by atoms with van der Waals surface area (Å²) < 4.78 is 26.3. The molecule has 0 aromatic heterocycles. The molecule has 5 heteroatoms. The van der Waals surface area contributed by atoms with Gasteiger partial charge in [0.05, 0.1) is 0 Å². The first kappa shape index (κ1) is 10.9. The molecule has 0 unspecified atom stereocenters. The maximum absolute atomic E-state index is 13.3. The molecule has 0 aliphatic carbocycles. The highest BCUT2D eigenvalue weighted by atomic mass is 19.1. The lowest BCUT2D eigenvalue weighted by molar-refractivity contribution is 0.424. The van der Waals surface area contributed by atoms with Crippen LogP contribution in [0.15, 0.2) is 18.1 Å². The molecule has 0 radical (unpaired) electrons. The molecule has 1 aromatic rings. The van der Waals surface area contributed by atoms with Crippen molar-refractivity contribution in [3.63, 3.8) is 0 Å². The Hall–Kier alpha value is -1.20. The highest BCUT2D eigenvalue weighted by Crippen LogP contribution is 2.17. The molecule has 74 valence electrons. The summed E-state index contributed by atoms with van der Waals surface area (Å²) >= 11 is 0. The second-order valence-corrected chi connectivity index (χ2v) is 2.86. The summed E-state index contributed by atoms with van der Waals surface area (Å²) in [5.74, 6) is -0.534. The molecule has 0 atom stereocenters. The molecule has 0 amide bonds. The normalized spacial score (nSPS) is 10.9. The molecule has 0 heterocycles. The van der Waals surface area contributed by atoms with Crippen molar-refractivity contribution in [1.29, 1.82) is 0 Å². The van der Waals surface area contributed by atoms with Gasteiger partial charge in [0.25, 0.3) is 0 Å². The van der Waals surface area contributed by atoms with Gasteiger partial charge in [-0.2, -0.15) is 0 Å². The summed E-state index contributed by atoms with van der Waals surface area (Å²) in [6.07, 6.45) is 1.00. The minimum atomic E-state index is -1.71. The van der Waals surface area contributed by atoms with Crippen molar-refractivity contribution in [2.75, 3.05) is 0 Å². The summed E-state index contributed by atoms with van der Waals surface area (Å²) in [6.45, 7) is 1.50. The highest BCUT2D eigenvalue weighted by molar-refractivity contribution is 6.48. The topological polar surface area (TPSA) is 40.5 Å². The van der Waals surface area contributed by atoms with E-state index in [9.17, 15) is 8.78 Å². The number of rotatable bonds is 2. The maximum Gasteiger partial charge on any atom is 0.480 e. The Bertz CT molecular complexity index is 364. The van der Waals surface area contributed by atoms with E-state index in [-0.39, 0.29) is 5.56 Å². The van der Waals surface area contributed by atoms with Crippen LogP contribution in [0.2, 0.25) is 0 Å². The van der Waals surface area contributed by atoms with Gasteiger partial charge < -0.3 is 10.0 Å². The molecule has 1 rings (SSSR count). The quantitative estimate of drug-likeness (QED) is 0.703. The zero-order valence-corrected chi connectivity index (χ0v) is 7.54. The van der Waals surface area contributed by atoms with Crippen LogP contribution in [-0.2, 0) is 0 Å². The van der Waals surface area contributed by atoms with Gasteiger partial charge in [-0.25, -0.2) is 8.78 Å². The van der Waals surface area contributed by atoms with Gasteiger partial charge in [0, 0.05) is 5.56 Å². The largest absolute Gasteiger partial charge is 0.480 e. The first-order chi connectivity index (χ1) is 6.52. The molecular formula is C9H9BF2O2. The van der Waals surface area contributed by atoms with Crippen molar-refractivity contribution in [3.05, 3.63) is 40.9 Å². The first-order valence-electron chi connectivity index (χ1n) is 4.01. The number of hydrogen-bond acceptors (Lipinski definition) is 2. The van der Waals surface area contributed by atoms with Crippen LogP contribution in [0.3, 0.4) is 0 Å². The molecule has 2 N–H and O–H groups in total. The van der Waals surface area contributed by atoms with Gasteiger partial charge in [0.15, 0.2) is 0 Å². The van der Waals surface area contributed by atoms with E-state index in [0.717, 1.165) is 18.1 Å². The Morgan fingerprint density at radius 1 is 1.29 bits per heavy atom. The van der Waals surface area contributed by atoms with Crippen LogP contribution in [0.1, 0.15) is 11.1 Å². The lowest BCUT2D eigenvalue weighted by Crippen LogP contribution is -2.05. The molecule has 0 bridgehead atoms. The number of benzene rings is 1. The van der Waals surface area contributed by atoms with E-state index < -0.39 is 18.8 Å². The predicted octanol–water partition coefficient (Wildman–Crippen LogP) is 1.30. The Labute approximate surface area is 80.6 Å². The zero-order chi connectivity index (χ0) is 10.7. The molecule has 0 fully saturated rings. The first-order valence-corrected chi connectivity index (χ1v) is 4.01. The number of aryl methyl sites for hydroxylation is 1. The molecular weight excluding hydrogens is 189 g/mol. The van der Waals surface area contributed by atoms with Gasteiger partial charge in [-0.3, -0.25) is 0 Å². The summed E-state index contributed by atoms with van der Waals surface area (Å²) in [5, 5.41) is 17.0. The molecule has 1 aromatic carbocycles. The molecule has 0 saturated heterocycles. The van der Waals surface area contributed by atoms with Crippen LogP contribution in [0.25, 0.3) is 6.08 Å². The fourth-order valence-electron chi connectivity index (χ4n) is 1.01. The minimum absolute atomic E-state index is 0.266. The number of hydrogen-bond donors (Lipinski definition) is 2. The average Bonchev–Trinajstić information content (AvgIpc) is 2.11. The Kier molecular flexibility index (Phi) is 3.38. The van der Waals surface area contributed by atoms with Gasteiger partial charge in [-0.1, -0.05) is 18.1 Å². The fourth-order valence-corrected chi connectivity index (χ4v) is 1.01. The molecule has 0 aliphatic rings. The Morgan fingerprint density at radius 2 is 1.93 bits per heavy atom.